The van der Waals surface area contributed by atoms with Crippen molar-refractivity contribution in [2.45, 2.75) is 31.9 Å². The van der Waals surface area contributed by atoms with Crippen LogP contribution in [0.4, 0.5) is 10.1 Å². The molecule has 1 aromatic rings. The molecule has 0 saturated carbocycles. The highest BCUT2D eigenvalue weighted by Crippen LogP contribution is 2.24. The van der Waals surface area contributed by atoms with Crippen molar-refractivity contribution in [2.24, 2.45) is 5.73 Å². The first-order valence-electron chi connectivity index (χ1n) is 5.76. The fraction of sp³-hybridized carbons (Fsp3) is 0.417. The highest BCUT2D eigenvalue weighted by atomic mass is 19.1. The molecule has 1 aromatic carbocycles. The van der Waals surface area contributed by atoms with E-state index in [-0.39, 0.29) is 12.2 Å². The normalized spacial score (nSPS) is 15.2. The Balaban J connectivity index is 2.79. The number of nitro benzene ring substituents is 1. The summed E-state index contributed by atoms with van der Waals surface area (Å²) in [7, 11) is 0. The number of nitrogens with zero attached hydrogens (tertiary/aromatic N) is 1. The van der Waals surface area contributed by atoms with Crippen molar-refractivity contribution in [1.82, 2.24) is 0 Å². The van der Waals surface area contributed by atoms with Crippen LogP contribution in [0.3, 0.4) is 0 Å². The topological polar surface area (TPSA) is 116 Å². The summed E-state index contributed by atoms with van der Waals surface area (Å²) in [6.07, 6.45) is -0.712. The number of nitrogens with two attached hydrogens (primary N) is 1. The molecule has 110 valence electrons. The van der Waals surface area contributed by atoms with Crippen LogP contribution >= 0.6 is 0 Å². The Kier molecular flexibility index (Phi) is 4.61. The molecular formula is C12H15FN2O5. The molecule has 0 spiro atoms. The lowest BCUT2D eigenvalue weighted by Crippen LogP contribution is -2.47. The van der Waals surface area contributed by atoms with Crippen LogP contribution in [0.25, 0.3) is 0 Å². The maximum absolute atomic E-state index is 13.6. The summed E-state index contributed by atoms with van der Waals surface area (Å²) in [5, 5.41) is 19.3. The van der Waals surface area contributed by atoms with Crippen LogP contribution < -0.4 is 10.5 Å². The van der Waals surface area contributed by atoms with Gasteiger partial charge in [-0.1, -0.05) is 0 Å². The lowest BCUT2D eigenvalue weighted by Gasteiger charge is -2.24. The van der Waals surface area contributed by atoms with Gasteiger partial charge in [-0.25, -0.2) is 4.39 Å². The van der Waals surface area contributed by atoms with Gasteiger partial charge in [-0.3, -0.25) is 14.9 Å². The number of nitro groups is 1. The number of carboxylic acid groups (broad SMARTS) is 1. The van der Waals surface area contributed by atoms with Crippen molar-refractivity contribution < 1.29 is 24.0 Å². The van der Waals surface area contributed by atoms with E-state index in [0.717, 1.165) is 18.2 Å². The Hall–Kier alpha value is -2.22. The number of halogens is 1. The molecular weight excluding hydrogens is 271 g/mol. The summed E-state index contributed by atoms with van der Waals surface area (Å²) >= 11 is 0. The van der Waals surface area contributed by atoms with Crippen molar-refractivity contribution in [3.05, 3.63) is 34.1 Å². The molecule has 20 heavy (non-hydrogen) atoms. The Labute approximate surface area is 114 Å². The number of carbonyl (C=O) groups is 1. The van der Waals surface area contributed by atoms with Crippen molar-refractivity contribution in [3.63, 3.8) is 0 Å². The summed E-state index contributed by atoms with van der Waals surface area (Å²) in [5.74, 6) is -2.28. The second-order valence-electron chi connectivity index (χ2n) is 4.73. The summed E-state index contributed by atoms with van der Waals surface area (Å²) in [5.41, 5.74) is 3.66. The quantitative estimate of drug-likeness (QED) is 0.607. The van der Waals surface area contributed by atoms with E-state index in [4.69, 9.17) is 15.6 Å². The van der Waals surface area contributed by atoms with Gasteiger partial charge in [0.25, 0.3) is 5.69 Å². The van der Waals surface area contributed by atoms with E-state index < -0.39 is 34.0 Å². The molecule has 0 aliphatic rings. The van der Waals surface area contributed by atoms with Crippen molar-refractivity contribution in [3.8, 4) is 5.75 Å². The SMILES string of the molecule is CC(CC(C)(N)C(=O)O)Oc1ccc([N+](=O)[O-])cc1F. The van der Waals surface area contributed by atoms with Crippen LogP contribution in [0.2, 0.25) is 0 Å². The molecule has 3 N–H and O–H groups in total. The monoisotopic (exact) mass is 286 g/mol. The molecule has 8 heteroatoms. The lowest BCUT2D eigenvalue weighted by atomic mass is 9.96. The predicted molar refractivity (Wildman–Crippen MR) is 68.0 cm³/mol. The first-order chi connectivity index (χ1) is 9.13. The highest BCUT2D eigenvalue weighted by Gasteiger charge is 2.31. The molecule has 0 aliphatic carbocycles. The van der Waals surface area contributed by atoms with E-state index in [0.29, 0.717) is 0 Å². The van der Waals surface area contributed by atoms with Gasteiger partial charge in [0, 0.05) is 12.5 Å². The summed E-state index contributed by atoms with van der Waals surface area (Å²) in [4.78, 5) is 20.6. The van der Waals surface area contributed by atoms with Crippen molar-refractivity contribution in [1.29, 1.82) is 0 Å². The number of hydrogen-bond acceptors (Lipinski definition) is 5. The maximum atomic E-state index is 13.6. The molecule has 0 heterocycles. The van der Waals surface area contributed by atoms with Gasteiger partial charge in [0.05, 0.1) is 17.1 Å². The molecule has 0 bridgehead atoms. The zero-order chi connectivity index (χ0) is 15.5. The Bertz CT molecular complexity index is 533. The van der Waals surface area contributed by atoms with Gasteiger partial charge in [0.1, 0.15) is 5.54 Å². The van der Waals surface area contributed by atoms with Crippen LogP contribution in [0.15, 0.2) is 18.2 Å². The minimum absolute atomic E-state index is 0.0429. The second kappa shape index (κ2) is 5.83. The molecule has 0 amide bonds. The number of benzene rings is 1. The van der Waals surface area contributed by atoms with E-state index in [1.54, 1.807) is 0 Å². The zero-order valence-corrected chi connectivity index (χ0v) is 11.0. The highest BCUT2D eigenvalue weighted by molar-refractivity contribution is 5.77. The molecule has 0 aliphatic heterocycles. The van der Waals surface area contributed by atoms with Gasteiger partial charge in [0.2, 0.25) is 0 Å². The smallest absolute Gasteiger partial charge is 0.323 e. The van der Waals surface area contributed by atoms with Gasteiger partial charge >= 0.3 is 5.97 Å². The van der Waals surface area contributed by atoms with Crippen LogP contribution in [-0.2, 0) is 4.79 Å². The average molecular weight is 286 g/mol. The fourth-order valence-corrected chi connectivity index (χ4v) is 1.64. The van der Waals surface area contributed by atoms with Crippen LogP contribution in [0, 0.1) is 15.9 Å². The predicted octanol–water partition coefficient (Wildman–Crippen LogP) is 1.69. The Morgan fingerprint density at radius 2 is 2.25 bits per heavy atom. The van der Waals surface area contributed by atoms with E-state index in [2.05, 4.69) is 0 Å². The van der Waals surface area contributed by atoms with E-state index in [1.807, 2.05) is 0 Å². The van der Waals surface area contributed by atoms with Gasteiger partial charge in [0.15, 0.2) is 11.6 Å². The molecule has 7 nitrogen and oxygen atoms in total. The largest absolute Gasteiger partial charge is 0.488 e. The number of ether oxygens (including phenoxy) is 1. The minimum Gasteiger partial charge on any atom is -0.488 e. The summed E-state index contributed by atoms with van der Waals surface area (Å²) < 4.78 is 18.8. The third kappa shape index (κ3) is 3.89. The number of non-ortho nitro benzene ring substituents is 1. The molecule has 0 fully saturated rings. The van der Waals surface area contributed by atoms with Crippen molar-refractivity contribution in [2.75, 3.05) is 0 Å². The Morgan fingerprint density at radius 3 is 2.70 bits per heavy atom. The maximum Gasteiger partial charge on any atom is 0.323 e. The van der Waals surface area contributed by atoms with Crippen LogP contribution in [-0.4, -0.2) is 27.6 Å². The standard InChI is InChI=1S/C12H15FN2O5/c1-7(6-12(2,14)11(16)17)20-10-4-3-8(15(18)19)5-9(10)13/h3-5,7H,6,14H2,1-2H3,(H,16,17). The third-order valence-corrected chi connectivity index (χ3v) is 2.65. The van der Waals surface area contributed by atoms with Crippen LogP contribution in [0.5, 0.6) is 5.75 Å². The number of aliphatic carboxylic acids is 1. The fourth-order valence-electron chi connectivity index (χ4n) is 1.64. The summed E-state index contributed by atoms with van der Waals surface area (Å²) in [6, 6.07) is 2.96. The Morgan fingerprint density at radius 1 is 1.65 bits per heavy atom. The molecule has 0 aromatic heterocycles. The van der Waals surface area contributed by atoms with Gasteiger partial charge in [-0.05, 0) is 19.9 Å². The first-order valence-corrected chi connectivity index (χ1v) is 5.76. The van der Waals surface area contributed by atoms with E-state index in [1.165, 1.54) is 13.8 Å². The molecule has 2 atom stereocenters. The molecule has 0 saturated heterocycles. The lowest BCUT2D eigenvalue weighted by molar-refractivity contribution is -0.385. The zero-order valence-electron chi connectivity index (χ0n) is 11.0. The summed E-state index contributed by atoms with van der Waals surface area (Å²) in [6.45, 7) is 2.86. The van der Waals surface area contributed by atoms with Gasteiger partial charge in [-0.2, -0.15) is 0 Å². The van der Waals surface area contributed by atoms with Gasteiger partial charge in [-0.15, -0.1) is 0 Å². The third-order valence-electron chi connectivity index (χ3n) is 2.65. The molecule has 1 rings (SSSR count). The van der Waals surface area contributed by atoms with Gasteiger partial charge < -0.3 is 15.6 Å². The second-order valence-corrected chi connectivity index (χ2v) is 4.73. The average Bonchev–Trinajstić information content (AvgIpc) is 2.30. The van der Waals surface area contributed by atoms with Crippen molar-refractivity contribution >= 4 is 11.7 Å². The molecule has 2 unspecified atom stereocenters. The molecule has 0 radical (unpaired) electrons. The van der Waals surface area contributed by atoms with Crippen LogP contribution in [0.1, 0.15) is 20.3 Å². The number of hydrogen-bond donors (Lipinski definition) is 2. The number of rotatable bonds is 6. The first kappa shape index (κ1) is 15.8. The minimum atomic E-state index is -1.50. The van der Waals surface area contributed by atoms with E-state index >= 15 is 0 Å². The van der Waals surface area contributed by atoms with E-state index in [9.17, 15) is 19.3 Å². The number of carboxylic acids is 1.